The summed E-state index contributed by atoms with van der Waals surface area (Å²) in [6, 6.07) is 5.58. The molecule has 0 fully saturated rings. The van der Waals surface area contributed by atoms with Crippen molar-refractivity contribution in [2.45, 2.75) is 26.3 Å². The molecule has 1 aromatic rings. The fraction of sp³-hybridized carbons (Fsp3) is 0.308. The summed E-state index contributed by atoms with van der Waals surface area (Å²) >= 11 is 3.34. The Morgan fingerprint density at radius 3 is 2.69 bits per heavy atom. The molecule has 0 radical (unpaired) electrons. The van der Waals surface area contributed by atoms with Crippen LogP contribution in [0.4, 0.5) is 0 Å². The van der Waals surface area contributed by atoms with Gasteiger partial charge in [-0.2, -0.15) is 0 Å². The van der Waals surface area contributed by atoms with Gasteiger partial charge in [0.2, 0.25) is 0 Å². The van der Waals surface area contributed by atoms with Crippen LogP contribution in [0.25, 0.3) is 0 Å². The van der Waals surface area contributed by atoms with Crippen molar-refractivity contribution in [3.63, 3.8) is 0 Å². The Balaban J connectivity index is 2.98. The largest absolute Gasteiger partial charge is 0.336 e. The number of carbonyl (C=O) groups excluding carboxylic acids is 1. The quantitative estimate of drug-likeness (QED) is 0.829. The van der Waals surface area contributed by atoms with E-state index in [2.05, 4.69) is 27.2 Å². The van der Waals surface area contributed by atoms with E-state index in [-0.39, 0.29) is 5.91 Å². The van der Waals surface area contributed by atoms with Gasteiger partial charge in [0.25, 0.3) is 5.91 Å². The first-order valence-electron chi connectivity index (χ1n) is 4.92. The normalized spacial score (nSPS) is 10.7. The molecule has 0 aliphatic carbocycles. The van der Waals surface area contributed by atoms with Crippen LogP contribution in [0.5, 0.6) is 0 Å². The molecule has 0 unspecified atom stereocenters. The summed E-state index contributed by atoms with van der Waals surface area (Å²) in [5.74, 6) is 2.38. The van der Waals surface area contributed by atoms with Crippen LogP contribution in [0.1, 0.15) is 29.8 Å². The number of benzene rings is 1. The molecule has 0 aliphatic heterocycles. The molecule has 0 saturated heterocycles. The lowest BCUT2D eigenvalue weighted by Gasteiger charge is -2.20. The number of aryl methyl sites for hydroxylation is 1. The molecule has 0 bridgehead atoms. The average Bonchev–Trinajstić information content (AvgIpc) is 2.21. The molecule has 84 valence electrons. The van der Waals surface area contributed by atoms with Gasteiger partial charge < -0.3 is 5.32 Å². The van der Waals surface area contributed by atoms with E-state index in [9.17, 15) is 4.79 Å². The molecule has 0 heterocycles. The summed E-state index contributed by atoms with van der Waals surface area (Å²) < 4.78 is 0.877. The summed E-state index contributed by atoms with van der Waals surface area (Å²) in [7, 11) is 0. The molecule has 1 aromatic carbocycles. The van der Waals surface area contributed by atoms with Crippen LogP contribution in [0.15, 0.2) is 22.7 Å². The monoisotopic (exact) mass is 279 g/mol. The van der Waals surface area contributed by atoms with Crippen molar-refractivity contribution in [2.24, 2.45) is 0 Å². The zero-order chi connectivity index (χ0) is 12.3. The summed E-state index contributed by atoms with van der Waals surface area (Å²) in [5, 5.41) is 2.79. The smallest absolute Gasteiger partial charge is 0.252 e. The van der Waals surface area contributed by atoms with E-state index in [0.717, 1.165) is 10.0 Å². The van der Waals surface area contributed by atoms with Crippen molar-refractivity contribution in [3.05, 3.63) is 33.8 Å². The van der Waals surface area contributed by atoms with Gasteiger partial charge in [-0.1, -0.05) is 27.9 Å². The lowest BCUT2D eigenvalue weighted by atomic mass is 10.0. The van der Waals surface area contributed by atoms with Gasteiger partial charge in [0, 0.05) is 10.0 Å². The van der Waals surface area contributed by atoms with Crippen molar-refractivity contribution >= 4 is 21.8 Å². The lowest BCUT2D eigenvalue weighted by molar-refractivity contribution is 0.0929. The van der Waals surface area contributed by atoms with E-state index in [4.69, 9.17) is 6.42 Å². The highest BCUT2D eigenvalue weighted by atomic mass is 79.9. The highest BCUT2D eigenvalue weighted by Crippen LogP contribution is 2.16. The van der Waals surface area contributed by atoms with E-state index >= 15 is 0 Å². The Kier molecular flexibility index (Phi) is 3.77. The molecule has 0 saturated carbocycles. The van der Waals surface area contributed by atoms with Crippen LogP contribution in [0, 0.1) is 19.3 Å². The van der Waals surface area contributed by atoms with Gasteiger partial charge in [0.05, 0.1) is 5.54 Å². The van der Waals surface area contributed by atoms with Crippen molar-refractivity contribution in [1.29, 1.82) is 0 Å². The molecule has 2 nitrogen and oxygen atoms in total. The summed E-state index contributed by atoms with van der Waals surface area (Å²) in [4.78, 5) is 12.0. The summed E-state index contributed by atoms with van der Waals surface area (Å²) in [5.41, 5.74) is 0.928. The topological polar surface area (TPSA) is 29.1 Å². The number of halogens is 1. The number of terminal acetylenes is 1. The van der Waals surface area contributed by atoms with E-state index in [0.29, 0.717) is 5.56 Å². The van der Waals surface area contributed by atoms with Crippen LogP contribution in [-0.4, -0.2) is 11.4 Å². The standard InChI is InChI=1S/C13H14BrNO/c1-5-13(3,4)15-12(16)11-8-10(14)7-6-9(11)2/h1,6-8H,2-4H3,(H,15,16). The van der Waals surface area contributed by atoms with Gasteiger partial charge in [-0.25, -0.2) is 0 Å². The highest BCUT2D eigenvalue weighted by molar-refractivity contribution is 9.10. The van der Waals surface area contributed by atoms with Crippen LogP contribution in [0.2, 0.25) is 0 Å². The summed E-state index contributed by atoms with van der Waals surface area (Å²) in [6.07, 6.45) is 5.33. The second-order valence-corrected chi connectivity index (χ2v) is 5.10. The predicted molar refractivity (Wildman–Crippen MR) is 69.3 cm³/mol. The van der Waals surface area contributed by atoms with Crippen molar-refractivity contribution in [3.8, 4) is 12.3 Å². The minimum Gasteiger partial charge on any atom is -0.336 e. The van der Waals surface area contributed by atoms with Crippen LogP contribution in [0.3, 0.4) is 0 Å². The minimum absolute atomic E-state index is 0.151. The maximum absolute atomic E-state index is 12.0. The first kappa shape index (κ1) is 12.8. The predicted octanol–water partition coefficient (Wildman–Crippen LogP) is 2.90. The second-order valence-electron chi connectivity index (χ2n) is 4.18. The first-order chi connectivity index (χ1) is 7.35. The van der Waals surface area contributed by atoms with Gasteiger partial charge in [-0.15, -0.1) is 6.42 Å². The third-order valence-electron chi connectivity index (χ3n) is 2.23. The Morgan fingerprint density at radius 2 is 2.12 bits per heavy atom. The van der Waals surface area contributed by atoms with Gasteiger partial charge in [0.15, 0.2) is 0 Å². The Labute approximate surface area is 105 Å². The van der Waals surface area contributed by atoms with Crippen LogP contribution >= 0.6 is 15.9 Å². The second kappa shape index (κ2) is 4.71. The molecular weight excluding hydrogens is 266 g/mol. The number of hydrogen-bond acceptors (Lipinski definition) is 1. The number of carbonyl (C=O) groups is 1. The van der Waals surface area contributed by atoms with Crippen LogP contribution in [-0.2, 0) is 0 Å². The molecule has 1 N–H and O–H groups in total. The number of amides is 1. The van der Waals surface area contributed by atoms with E-state index in [1.54, 1.807) is 19.9 Å². The molecule has 1 rings (SSSR count). The third-order valence-corrected chi connectivity index (χ3v) is 2.72. The van der Waals surface area contributed by atoms with Crippen molar-refractivity contribution < 1.29 is 4.79 Å². The number of nitrogens with one attached hydrogen (secondary N) is 1. The third kappa shape index (κ3) is 3.11. The van der Waals surface area contributed by atoms with E-state index in [1.807, 2.05) is 19.1 Å². The Hall–Kier alpha value is -1.27. The number of hydrogen-bond donors (Lipinski definition) is 1. The minimum atomic E-state index is -0.633. The van der Waals surface area contributed by atoms with E-state index in [1.165, 1.54) is 0 Å². The summed E-state index contributed by atoms with van der Waals surface area (Å²) in [6.45, 7) is 5.47. The molecule has 0 atom stereocenters. The molecule has 16 heavy (non-hydrogen) atoms. The van der Waals surface area contributed by atoms with Crippen LogP contribution < -0.4 is 5.32 Å². The molecule has 3 heteroatoms. The Morgan fingerprint density at radius 1 is 1.50 bits per heavy atom. The highest BCUT2D eigenvalue weighted by Gasteiger charge is 2.19. The molecule has 0 spiro atoms. The molecule has 0 aromatic heterocycles. The van der Waals surface area contributed by atoms with Gasteiger partial charge in [0.1, 0.15) is 0 Å². The molecule has 1 amide bonds. The maximum atomic E-state index is 12.0. The SMILES string of the molecule is C#CC(C)(C)NC(=O)c1cc(Br)ccc1C. The van der Waals surface area contributed by atoms with Gasteiger partial charge >= 0.3 is 0 Å². The van der Waals surface area contributed by atoms with Gasteiger partial charge in [-0.05, 0) is 38.5 Å². The zero-order valence-electron chi connectivity index (χ0n) is 9.60. The van der Waals surface area contributed by atoms with Crippen molar-refractivity contribution in [2.75, 3.05) is 0 Å². The molecule has 0 aliphatic rings. The van der Waals surface area contributed by atoms with Gasteiger partial charge in [-0.3, -0.25) is 4.79 Å². The fourth-order valence-corrected chi connectivity index (χ4v) is 1.59. The first-order valence-corrected chi connectivity index (χ1v) is 5.71. The Bertz CT molecular complexity index is 457. The van der Waals surface area contributed by atoms with Crippen molar-refractivity contribution in [1.82, 2.24) is 5.32 Å². The number of rotatable bonds is 2. The molecular formula is C13H14BrNO. The van der Waals surface area contributed by atoms with E-state index < -0.39 is 5.54 Å². The fourth-order valence-electron chi connectivity index (χ4n) is 1.23. The zero-order valence-corrected chi connectivity index (χ0v) is 11.2. The maximum Gasteiger partial charge on any atom is 0.252 e. The average molecular weight is 280 g/mol. The lowest BCUT2D eigenvalue weighted by Crippen LogP contribution is -2.42.